The van der Waals surface area contributed by atoms with E-state index in [1.54, 1.807) is 42.8 Å². The standard InChI is InChI=1S/C22H24N6O3/c1-14(28-18-7-5-4-6-17(18)25-26-28)12-19(29)23-16-10-8-15(9-11-16)13-27-20(30)22(2,3)24-21(27)31/h4-11,14H,12-13H2,1-3H3,(H,23,29)(H,24,31). The Bertz CT molecular complexity index is 1150. The Morgan fingerprint density at radius 1 is 1.13 bits per heavy atom. The third-order valence-electron chi connectivity index (χ3n) is 5.30. The zero-order valence-corrected chi connectivity index (χ0v) is 17.6. The number of nitrogens with one attached hydrogen (secondary N) is 2. The summed E-state index contributed by atoms with van der Waals surface area (Å²) in [6.07, 6.45) is 0.243. The molecule has 160 valence electrons. The van der Waals surface area contributed by atoms with Gasteiger partial charge >= 0.3 is 6.03 Å². The zero-order valence-electron chi connectivity index (χ0n) is 17.6. The van der Waals surface area contributed by atoms with Crippen molar-refractivity contribution in [3.63, 3.8) is 0 Å². The third kappa shape index (κ3) is 4.11. The van der Waals surface area contributed by atoms with Gasteiger partial charge in [-0.25, -0.2) is 9.48 Å². The van der Waals surface area contributed by atoms with Crippen molar-refractivity contribution in [3.8, 4) is 0 Å². The number of benzene rings is 2. The summed E-state index contributed by atoms with van der Waals surface area (Å²) in [6.45, 7) is 5.45. The van der Waals surface area contributed by atoms with Gasteiger partial charge < -0.3 is 10.6 Å². The van der Waals surface area contributed by atoms with Gasteiger partial charge in [-0.1, -0.05) is 29.5 Å². The fraction of sp³-hybridized carbons (Fsp3) is 0.318. The number of hydrogen-bond donors (Lipinski definition) is 2. The fourth-order valence-electron chi connectivity index (χ4n) is 3.62. The predicted molar refractivity (Wildman–Crippen MR) is 115 cm³/mol. The van der Waals surface area contributed by atoms with Gasteiger partial charge in [0.25, 0.3) is 5.91 Å². The van der Waals surface area contributed by atoms with Gasteiger partial charge in [-0.3, -0.25) is 14.5 Å². The van der Waals surface area contributed by atoms with Crippen LogP contribution in [0, 0.1) is 0 Å². The molecule has 0 aliphatic carbocycles. The largest absolute Gasteiger partial charge is 0.326 e. The lowest BCUT2D eigenvalue weighted by Gasteiger charge is -2.16. The van der Waals surface area contributed by atoms with Gasteiger partial charge in [-0.05, 0) is 50.6 Å². The topological polar surface area (TPSA) is 109 Å². The highest BCUT2D eigenvalue weighted by atomic mass is 16.2. The van der Waals surface area contributed by atoms with E-state index in [2.05, 4.69) is 20.9 Å². The second-order valence-corrected chi connectivity index (χ2v) is 8.27. The molecule has 2 aromatic carbocycles. The molecule has 1 atom stereocenters. The van der Waals surface area contributed by atoms with Crippen LogP contribution in [-0.2, 0) is 16.1 Å². The monoisotopic (exact) mass is 420 g/mol. The molecule has 4 amide bonds. The number of carbonyl (C=O) groups excluding carboxylic acids is 3. The minimum absolute atomic E-state index is 0.143. The summed E-state index contributed by atoms with van der Waals surface area (Å²) in [5.74, 6) is -0.403. The number of fused-ring (bicyclic) bond motifs is 1. The molecule has 1 aliphatic heterocycles. The van der Waals surface area contributed by atoms with Gasteiger partial charge in [-0.2, -0.15) is 0 Å². The van der Waals surface area contributed by atoms with Gasteiger partial charge in [0.2, 0.25) is 5.91 Å². The molecule has 0 bridgehead atoms. The summed E-state index contributed by atoms with van der Waals surface area (Å²) >= 11 is 0. The maximum absolute atomic E-state index is 12.5. The van der Waals surface area contributed by atoms with Gasteiger partial charge in [0.1, 0.15) is 11.1 Å². The average molecular weight is 420 g/mol. The van der Waals surface area contributed by atoms with Gasteiger partial charge in [0.05, 0.1) is 18.1 Å². The van der Waals surface area contributed by atoms with Crippen molar-refractivity contribution in [2.75, 3.05) is 5.32 Å². The first-order valence-electron chi connectivity index (χ1n) is 10.1. The lowest BCUT2D eigenvalue weighted by molar-refractivity contribution is -0.130. The van der Waals surface area contributed by atoms with Crippen LogP contribution < -0.4 is 10.6 Å². The van der Waals surface area contributed by atoms with Crippen molar-refractivity contribution >= 4 is 34.6 Å². The van der Waals surface area contributed by atoms with Crippen LogP contribution in [0.1, 0.15) is 38.8 Å². The van der Waals surface area contributed by atoms with Crippen LogP contribution in [0.25, 0.3) is 11.0 Å². The maximum atomic E-state index is 12.5. The van der Waals surface area contributed by atoms with Gasteiger partial charge in [-0.15, -0.1) is 5.10 Å². The quantitative estimate of drug-likeness (QED) is 0.596. The summed E-state index contributed by atoms with van der Waals surface area (Å²) in [5.41, 5.74) is 2.22. The fourth-order valence-corrected chi connectivity index (χ4v) is 3.62. The Labute approximate surface area is 179 Å². The van der Waals surface area contributed by atoms with Crippen LogP contribution in [0.4, 0.5) is 10.5 Å². The van der Waals surface area contributed by atoms with E-state index >= 15 is 0 Å². The number of urea groups is 1. The number of rotatable bonds is 6. The smallest absolute Gasteiger partial charge is 0.325 e. The van der Waals surface area contributed by atoms with Crippen molar-refractivity contribution in [1.29, 1.82) is 0 Å². The van der Waals surface area contributed by atoms with Gasteiger partial charge in [0, 0.05) is 12.1 Å². The molecule has 1 aromatic heterocycles. The number of para-hydroxylation sites is 1. The molecule has 1 saturated heterocycles. The molecule has 3 aromatic rings. The lowest BCUT2D eigenvalue weighted by atomic mass is 10.1. The van der Waals surface area contributed by atoms with Crippen molar-refractivity contribution in [2.45, 2.75) is 45.3 Å². The summed E-state index contributed by atoms with van der Waals surface area (Å²) < 4.78 is 1.75. The average Bonchev–Trinajstić information content (AvgIpc) is 3.23. The molecule has 2 heterocycles. The van der Waals surface area contributed by atoms with Crippen LogP contribution in [-0.4, -0.2) is 43.3 Å². The van der Waals surface area contributed by atoms with Crippen molar-refractivity contribution in [3.05, 3.63) is 54.1 Å². The Morgan fingerprint density at radius 2 is 1.84 bits per heavy atom. The summed E-state index contributed by atoms with van der Waals surface area (Å²) in [4.78, 5) is 38.0. The van der Waals surface area contributed by atoms with E-state index in [-0.39, 0.29) is 30.8 Å². The lowest BCUT2D eigenvalue weighted by Crippen LogP contribution is -2.40. The Hall–Kier alpha value is -3.75. The Kier molecular flexibility index (Phi) is 5.18. The molecule has 1 fully saturated rings. The minimum Gasteiger partial charge on any atom is -0.326 e. The molecule has 2 N–H and O–H groups in total. The number of amides is 4. The first-order chi connectivity index (χ1) is 14.7. The van der Waals surface area contributed by atoms with Crippen LogP contribution in [0.2, 0.25) is 0 Å². The molecule has 9 heteroatoms. The molecule has 31 heavy (non-hydrogen) atoms. The molecular formula is C22H24N6O3. The highest BCUT2D eigenvalue weighted by Crippen LogP contribution is 2.21. The Morgan fingerprint density at radius 3 is 2.52 bits per heavy atom. The number of aromatic nitrogens is 3. The first kappa shape index (κ1) is 20.5. The number of nitrogens with zero attached hydrogens (tertiary/aromatic N) is 4. The summed E-state index contributed by atoms with van der Waals surface area (Å²) in [6, 6.07) is 14.1. The molecule has 4 rings (SSSR count). The van der Waals surface area contributed by atoms with Crippen molar-refractivity contribution < 1.29 is 14.4 Å². The van der Waals surface area contributed by atoms with E-state index in [1.165, 1.54) is 4.90 Å². The number of imide groups is 1. The second kappa shape index (κ2) is 7.82. The van der Waals surface area contributed by atoms with Crippen molar-refractivity contribution in [1.82, 2.24) is 25.2 Å². The second-order valence-electron chi connectivity index (χ2n) is 8.27. The predicted octanol–water partition coefficient (Wildman–Crippen LogP) is 2.85. The molecule has 9 nitrogen and oxygen atoms in total. The number of carbonyl (C=O) groups is 3. The molecule has 1 aliphatic rings. The molecule has 0 radical (unpaired) electrons. The van der Waals surface area contributed by atoms with Crippen LogP contribution in [0.15, 0.2) is 48.5 Å². The third-order valence-corrected chi connectivity index (χ3v) is 5.30. The minimum atomic E-state index is -0.892. The molecular weight excluding hydrogens is 396 g/mol. The van der Waals surface area contributed by atoms with E-state index in [9.17, 15) is 14.4 Å². The highest BCUT2D eigenvalue weighted by molar-refractivity contribution is 6.06. The highest BCUT2D eigenvalue weighted by Gasteiger charge is 2.44. The Balaban J connectivity index is 1.36. The zero-order chi connectivity index (χ0) is 22.2. The van der Waals surface area contributed by atoms with Crippen LogP contribution >= 0.6 is 0 Å². The maximum Gasteiger partial charge on any atom is 0.325 e. The normalized spacial score (nSPS) is 16.4. The molecule has 0 spiro atoms. The molecule has 1 unspecified atom stereocenters. The van der Waals surface area contributed by atoms with Gasteiger partial charge in [0.15, 0.2) is 0 Å². The summed E-state index contributed by atoms with van der Waals surface area (Å²) in [5, 5.41) is 13.8. The SMILES string of the molecule is CC(CC(=O)Nc1ccc(CN2C(=O)NC(C)(C)C2=O)cc1)n1nnc2ccccc21. The first-order valence-corrected chi connectivity index (χ1v) is 10.1. The summed E-state index contributed by atoms with van der Waals surface area (Å²) in [7, 11) is 0. The van der Waals surface area contributed by atoms with Crippen LogP contribution in [0.3, 0.4) is 0 Å². The van der Waals surface area contributed by atoms with E-state index in [1.807, 2.05) is 31.2 Å². The van der Waals surface area contributed by atoms with E-state index in [4.69, 9.17) is 0 Å². The number of anilines is 1. The van der Waals surface area contributed by atoms with E-state index < -0.39 is 11.6 Å². The number of hydrogen-bond acceptors (Lipinski definition) is 5. The van der Waals surface area contributed by atoms with Crippen molar-refractivity contribution in [2.24, 2.45) is 0 Å². The van der Waals surface area contributed by atoms with E-state index in [0.29, 0.717) is 5.69 Å². The van der Waals surface area contributed by atoms with Crippen LogP contribution in [0.5, 0.6) is 0 Å². The molecule has 0 saturated carbocycles. The van der Waals surface area contributed by atoms with E-state index in [0.717, 1.165) is 16.6 Å².